The number of nitrogens with zero attached hydrogens (tertiary/aromatic N) is 2. The van der Waals surface area contributed by atoms with E-state index in [1.165, 1.54) is 0 Å². The highest BCUT2D eigenvalue weighted by molar-refractivity contribution is 5.84. The molecule has 5 nitrogen and oxygen atoms in total. The highest BCUT2D eigenvalue weighted by Crippen LogP contribution is 2.22. The van der Waals surface area contributed by atoms with Crippen LogP contribution in [0.15, 0.2) is 5.16 Å². The normalized spacial score (nSPS) is 20.9. The quantitative estimate of drug-likeness (QED) is 0.568. The molecule has 1 N–H and O–H groups in total. The molecular weight excluding hydrogens is 220 g/mol. The zero-order chi connectivity index (χ0) is 13.1. The van der Waals surface area contributed by atoms with Crippen LogP contribution in [0.3, 0.4) is 0 Å². The standard InChI is InChI=1S/C12H22N2O3/c1-12(2,3)17-11(15)14(4)10-7-5-9(13-16)6-8-10/h10,16H,5-8H2,1-4H3. The van der Waals surface area contributed by atoms with E-state index in [1.54, 1.807) is 11.9 Å². The Bertz CT molecular complexity index is 297. The number of carbonyl (C=O) groups excluding carboxylic acids is 1. The monoisotopic (exact) mass is 242 g/mol. The number of amides is 1. The van der Waals surface area contributed by atoms with Gasteiger partial charge in [0.2, 0.25) is 0 Å². The van der Waals surface area contributed by atoms with Crippen LogP contribution in [0, 0.1) is 0 Å². The first-order valence-electron chi connectivity index (χ1n) is 5.99. The van der Waals surface area contributed by atoms with E-state index in [4.69, 9.17) is 9.94 Å². The van der Waals surface area contributed by atoms with Crippen LogP contribution in [0.2, 0.25) is 0 Å². The molecule has 1 saturated carbocycles. The predicted molar refractivity (Wildman–Crippen MR) is 65.5 cm³/mol. The molecule has 0 aliphatic heterocycles. The topological polar surface area (TPSA) is 62.1 Å². The molecule has 17 heavy (non-hydrogen) atoms. The molecule has 0 aromatic heterocycles. The van der Waals surface area contributed by atoms with Crippen molar-refractivity contribution in [2.45, 2.75) is 58.1 Å². The van der Waals surface area contributed by atoms with Gasteiger partial charge in [-0.05, 0) is 46.5 Å². The molecule has 0 atom stereocenters. The highest BCUT2D eigenvalue weighted by Gasteiger charge is 2.27. The Labute approximate surface area is 102 Å². The molecular formula is C12H22N2O3. The highest BCUT2D eigenvalue weighted by atomic mass is 16.6. The smallest absolute Gasteiger partial charge is 0.410 e. The van der Waals surface area contributed by atoms with Crippen molar-refractivity contribution in [1.82, 2.24) is 4.90 Å². The average Bonchev–Trinajstić information content (AvgIpc) is 2.26. The molecule has 1 fully saturated rings. The lowest BCUT2D eigenvalue weighted by Gasteiger charge is -2.33. The van der Waals surface area contributed by atoms with Crippen LogP contribution in [0.4, 0.5) is 4.79 Å². The Kier molecular flexibility index (Phi) is 4.37. The van der Waals surface area contributed by atoms with Crippen LogP contribution < -0.4 is 0 Å². The van der Waals surface area contributed by atoms with Crippen LogP contribution in [-0.4, -0.2) is 40.6 Å². The van der Waals surface area contributed by atoms with Crippen molar-refractivity contribution in [2.75, 3.05) is 7.05 Å². The SMILES string of the molecule is CN(C(=O)OC(C)(C)C)C1CCC(=NO)CC1. The summed E-state index contributed by atoms with van der Waals surface area (Å²) in [5, 5.41) is 11.9. The van der Waals surface area contributed by atoms with Crippen molar-refractivity contribution in [3.8, 4) is 0 Å². The molecule has 0 saturated heterocycles. The van der Waals surface area contributed by atoms with Gasteiger partial charge in [-0.3, -0.25) is 0 Å². The summed E-state index contributed by atoms with van der Waals surface area (Å²) in [5.41, 5.74) is 0.358. The Balaban J connectivity index is 2.48. The maximum absolute atomic E-state index is 11.8. The first-order valence-corrected chi connectivity index (χ1v) is 5.99. The Morgan fingerprint density at radius 2 is 1.94 bits per heavy atom. The van der Waals surface area contributed by atoms with Gasteiger partial charge in [0.25, 0.3) is 0 Å². The second-order valence-electron chi connectivity index (χ2n) is 5.49. The van der Waals surface area contributed by atoms with E-state index < -0.39 is 5.60 Å². The van der Waals surface area contributed by atoms with E-state index in [-0.39, 0.29) is 12.1 Å². The fourth-order valence-corrected chi connectivity index (χ4v) is 1.91. The summed E-state index contributed by atoms with van der Waals surface area (Å²) in [7, 11) is 1.76. The van der Waals surface area contributed by atoms with Crippen molar-refractivity contribution in [1.29, 1.82) is 0 Å². The molecule has 0 aromatic carbocycles. The van der Waals surface area contributed by atoms with Crippen molar-refractivity contribution in [3.63, 3.8) is 0 Å². The van der Waals surface area contributed by atoms with Crippen molar-refractivity contribution < 1.29 is 14.7 Å². The molecule has 0 radical (unpaired) electrons. The molecule has 1 amide bonds. The van der Waals surface area contributed by atoms with Gasteiger partial charge < -0.3 is 14.8 Å². The Morgan fingerprint density at radius 3 is 2.35 bits per heavy atom. The summed E-state index contributed by atoms with van der Waals surface area (Å²) in [5.74, 6) is 0. The summed E-state index contributed by atoms with van der Waals surface area (Å²) in [6.45, 7) is 5.57. The van der Waals surface area contributed by atoms with Gasteiger partial charge in [-0.2, -0.15) is 0 Å². The van der Waals surface area contributed by atoms with Crippen LogP contribution >= 0.6 is 0 Å². The van der Waals surface area contributed by atoms with E-state index in [1.807, 2.05) is 20.8 Å². The third kappa shape index (κ3) is 4.24. The summed E-state index contributed by atoms with van der Waals surface area (Å²) >= 11 is 0. The lowest BCUT2D eigenvalue weighted by Crippen LogP contribution is -2.42. The first-order chi connectivity index (χ1) is 7.83. The molecule has 0 heterocycles. The van der Waals surface area contributed by atoms with Gasteiger partial charge in [-0.15, -0.1) is 0 Å². The molecule has 5 heteroatoms. The number of hydrogen-bond donors (Lipinski definition) is 1. The second-order valence-corrected chi connectivity index (χ2v) is 5.49. The van der Waals surface area contributed by atoms with Gasteiger partial charge in [0.15, 0.2) is 0 Å². The lowest BCUT2D eigenvalue weighted by molar-refractivity contribution is 0.0204. The van der Waals surface area contributed by atoms with E-state index in [2.05, 4.69) is 5.16 Å². The summed E-state index contributed by atoms with van der Waals surface area (Å²) in [4.78, 5) is 13.5. The fraction of sp³-hybridized carbons (Fsp3) is 0.833. The van der Waals surface area contributed by atoms with Crippen molar-refractivity contribution >= 4 is 11.8 Å². The minimum absolute atomic E-state index is 0.176. The van der Waals surface area contributed by atoms with Crippen LogP contribution in [0.25, 0.3) is 0 Å². The lowest BCUT2D eigenvalue weighted by atomic mass is 9.93. The van der Waals surface area contributed by atoms with Crippen molar-refractivity contribution in [3.05, 3.63) is 0 Å². The van der Waals surface area contributed by atoms with Gasteiger partial charge in [-0.25, -0.2) is 4.79 Å². The maximum atomic E-state index is 11.8. The predicted octanol–water partition coefficient (Wildman–Crippen LogP) is 2.63. The van der Waals surface area contributed by atoms with Gasteiger partial charge in [0.1, 0.15) is 5.60 Å². The zero-order valence-corrected chi connectivity index (χ0v) is 11.1. The molecule has 1 rings (SSSR count). The summed E-state index contributed by atoms with van der Waals surface area (Å²) in [6.07, 6.45) is 2.86. The fourth-order valence-electron chi connectivity index (χ4n) is 1.91. The molecule has 0 aromatic rings. The van der Waals surface area contributed by atoms with Crippen LogP contribution in [-0.2, 0) is 4.74 Å². The number of ether oxygens (including phenoxy) is 1. The summed E-state index contributed by atoms with van der Waals surface area (Å²) in [6, 6.07) is 0.176. The third-order valence-electron chi connectivity index (χ3n) is 2.90. The Morgan fingerprint density at radius 1 is 1.41 bits per heavy atom. The van der Waals surface area contributed by atoms with Gasteiger partial charge in [0.05, 0.1) is 5.71 Å². The third-order valence-corrected chi connectivity index (χ3v) is 2.90. The number of carbonyl (C=O) groups is 1. The molecule has 1 aliphatic rings. The molecule has 0 bridgehead atoms. The number of hydrogen-bond acceptors (Lipinski definition) is 4. The van der Waals surface area contributed by atoms with E-state index in [0.29, 0.717) is 0 Å². The Hall–Kier alpha value is -1.26. The largest absolute Gasteiger partial charge is 0.444 e. The van der Waals surface area contributed by atoms with Crippen molar-refractivity contribution in [2.24, 2.45) is 5.16 Å². The number of oxime groups is 1. The van der Waals surface area contributed by atoms with Gasteiger partial charge >= 0.3 is 6.09 Å². The maximum Gasteiger partial charge on any atom is 0.410 e. The van der Waals surface area contributed by atoms with E-state index >= 15 is 0 Å². The average molecular weight is 242 g/mol. The van der Waals surface area contributed by atoms with Crippen LogP contribution in [0.1, 0.15) is 46.5 Å². The minimum Gasteiger partial charge on any atom is -0.444 e. The molecule has 98 valence electrons. The second kappa shape index (κ2) is 5.38. The van der Waals surface area contributed by atoms with Gasteiger partial charge in [-0.1, -0.05) is 5.16 Å². The van der Waals surface area contributed by atoms with E-state index in [9.17, 15) is 4.79 Å². The molecule has 0 spiro atoms. The first kappa shape index (κ1) is 13.8. The molecule has 0 unspecified atom stereocenters. The minimum atomic E-state index is -0.461. The molecule has 1 aliphatic carbocycles. The van der Waals surface area contributed by atoms with Gasteiger partial charge in [0, 0.05) is 13.1 Å². The summed E-state index contributed by atoms with van der Waals surface area (Å²) < 4.78 is 5.31. The zero-order valence-electron chi connectivity index (χ0n) is 11.1. The number of rotatable bonds is 1. The van der Waals surface area contributed by atoms with Crippen LogP contribution in [0.5, 0.6) is 0 Å². The van der Waals surface area contributed by atoms with E-state index in [0.717, 1.165) is 31.4 Å².